The number of aromatic nitrogens is 1. The zero-order valence-electron chi connectivity index (χ0n) is 19.9. The number of rotatable bonds is 7. The number of benzene rings is 2. The van der Waals surface area contributed by atoms with E-state index in [2.05, 4.69) is 4.98 Å². The van der Waals surface area contributed by atoms with E-state index in [4.69, 9.17) is 0 Å². The fourth-order valence-corrected chi connectivity index (χ4v) is 6.86. The van der Waals surface area contributed by atoms with Gasteiger partial charge < -0.3 is 4.90 Å². The predicted octanol–water partition coefficient (Wildman–Crippen LogP) is 4.35. The van der Waals surface area contributed by atoms with E-state index in [1.165, 1.54) is 39.5 Å². The molecule has 35 heavy (non-hydrogen) atoms. The fourth-order valence-electron chi connectivity index (χ4n) is 4.13. The molecule has 0 N–H and O–H groups in total. The number of nitrogens with zero attached hydrogens (tertiary/aromatic N) is 4. The van der Waals surface area contributed by atoms with Crippen molar-refractivity contribution >= 4 is 42.6 Å². The third kappa shape index (κ3) is 5.37. The van der Waals surface area contributed by atoms with Crippen molar-refractivity contribution in [3.8, 4) is 0 Å². The van der Waals surface area contributed by atoms with Crippen LogP contribution in [0.5, 0.6) is 0 Å². The number of anilines is 1. The van der Waals surface area contributed by atoms with Crippen LogP contribution in [0.25, 0.3) is 10.2 Å². The van der Waals surface area contributed by atoms with E-state index in [0.717, 1.165) is 36.7 Å². The van der Waals surface area contributed by atoms with Crippen molar-refractivity contribution in [3.05, 3.63) is 53.6 Å². The number of amides is 1. The van der Waals surface area contributed by atoms with Crippen LogP contribution >= 0.6 is 11.3 Å². The molecule has 7 nitrogen and oxygen atoms in total. The Morgan fingerprint density at radius 2 is 1.86 bits per heavy atom. The Morgan fingerprint density at radius 3 is 2.51 bits per heavy atom. The monoisotopic (exact) mass is 522 g/mol. The molecule has 1 fully saturated rings. The summed E-state index contributed by atoms with van der Waals surface area (Å²) in [6, 6.07) is 7.75. The first-order chi connectivity index (χ1) is 16.6. The van der Waals surface area contributed by atoms with E-state index in [9.17, 15) is 22.0 Å². The van der Waals surface area contributed by atoms with E-state index >= 15 is 0 Å². The van der Waals surface area contributed by atoms with E-state index in [0.29, 0.717) is 17.8 Å². The van der Waals surface area contributed by atoms with Crippen LogP contribution in [0.2, 0.25) is 0 Å². The van der Waals surface area contributed by atoms with Gasteiger partial charge in [0.1, 0.15) is 11.3 Å². The lowest BCUT2D eigenvalue weighted by Gasteiger charge is -2.32. The van der Waals surface area contributed by atoms with E-state index in [1.807, 2.05) is 25.9 Å². The lowest BCUT2D eigenvalue weighted by molar-refractivity contribution is 0.0985. The maximum Gasteiger partial charge on any atom is 0.260 e. The first-order valence-electron chi connectivity index (χ1n) is 11.4. The highest BCUT2D eigenvalue weighted by atomic mass is 32.2. The molecule has 3 aromatic rings. The van der Waals surface area contributed by atoms with Gasteiger partial charge in [0, 0.05) is 37.3 Å². The standard InChI is InChI=1S/C24H28F2N4O3S2/c1-16-6-4-5-11-30(16)35(32,33)19-9-7-17(8-10-19)23(31)29(13-12-28(2)3)24-27-22-20(26)14-18(25)15-21(22)34-24/h7-10,14-16H,4-6,11-13H2,1-3H3. The van der Waals surface area contributed by atoms with Gasteiger partial charge in [-0.2, -0.15) is 4.31 Å². The summed E-state index contributed by atoms with van der Waals surface area (Å²) < 4.78 is 56.0. The lowest BCUT2D eigenvalue weighted by Crippen LogP contribution is -2.41. The second kappa shape index (κ2) is 10.3. The number of carbonyl (C=O) groups is 1. The molecular formula is C24H28F2N4O3S2. The number of hydrogen-bond donors (Lipinski definition) is 0. The lowest BCUT2D eigenvalue weighted by atomic mass is 10.1. The summed E-state index contributed by atoms with van der Waals surface area (Å²) in [7, 11) is 0.0574. The topological polar surface area (TPSA) is 73.8 Å². The molecule has 1 saturated heterocycles. The molecule has 4 rings (SSSR count). The molecule has 0 radical (unpaired) electrons. The van der Waals surface area contributed by atoms with Crippen molar-refractivity contribution in [3.63, 3.8) is 0 Å². The van der Waals surface area contributed by atoms with Gasteiger partial charge in [-0.05, 0) is 64.2 Å². The summed E-state index contributed by atoms with van der Waals surface area (Å²) in [5.41, 5.74) is 0.284. The molecule has 1 unspecified atom stereocenters. The molecule has 2 heterocycles. The van der Waals surface area contributed by atoms with Crippen LogP contribution in [0.1, 0.15) is 36.5 Å². The number of piperidine rings is 1. The first-order valence-corrected chi connectivity index (χ1v) is 13.7. The maximum atomic E-state index is 14.2. The Kier molecular flexibility index (Phi) is 7.51. The molecule has 0 saturated carbocycles. The molecule has 0 spiro atoms. The zero-order chi connectivity index (χ0) is 25.3. The van der Waals surface area contributed by atoms with Crippen molar-refractivity contribution in [2.75, 3.05) is 38.6 Å². The van der Waals surface area contributed by atoms with Crippen molar-refractivity contribution in [1.82, 2.24) is 14.2 Å². The summed E-state index contributed by atoms with van der Waals surface area (Å²) in [5, 5.41) is 0.246. The van der Waals surface area contributed by atoms with Crippen molar-refractivity contribution in [2.24, 2.45) is 0 Å². The summed E-state index contributed by atoms with van der Waals surface area (Å²) in [4.78, 5) is 21.2. The van der Waals surface area contributed by atoms with E-state index < -0.39 is 27.6 Å². The van der Waals surface area contributed by atoms with Gasteiger partial charge in [0.15, 0.2) is 10.9 Å². The van der Waals surface area contributed by atoms with Crippen LogP contribution in [0, 0.1) is 11.6 Å². The van der Waals surface area contributed by atoms with E-state index in [-0.39, 0.29) is 33.7 Å². The second-order valence-electron chi connectivity index (χ2n) is 8.98. The minimum absolute atomic E-state index is 0.00569. The van der Waals surface area contributed by atoms with Gasteiger partial charge in [0.2, 0.25) is 10.0 Å². The number of likely N-dealkylation sites (N-methyl/N-ethyl adjacent to an activating group) is 1. The van der Waals surface area contributed by atoms with Gasteiger partial charge in [0.05, 0.1) is 9.60 Å². The molecule has 0 aliphatic carbocycles. The van der Waals surface area contributed by atoms with Gasteiger partial charge in [-0.25, -0.2) is 22.2 Å². The molecule has 1 aromatic heterocycles. The summed E-state index contributed by atoms with van der Waals surface area (Å²) in [5.74, 6) is -1.90. The SMILES string of the molecule is CC1CCCCN1S(=O)(=O)c1ccc(C(=O)N(CCN(C)C)c2nc3c(F)cc(F)cc3s2)cc1. The second-order valence-corrected chi connectivity index (χ2v) is 11.9. The van der Waals surface area contributed by atoms with Crippen molar-refractivity contribution in [2.45, 2.75) is 37.1 Å². The van der Waals surface area contributed by atoms with E-state index in [1.54, 1.807) is 0 Å². The van der Waals surface area contributed by atoms with Gasteiger partial charge in [0.25, 0.3) is 5.91 Å². The fraction of sp³-hybridized carbons (Fsp3) is 0.417. The Labute approximate surface area is 208 Å². The Morgan fingerprint density at radius 1 is 1.14 bits per heavy atom. The molecule has 1 atom stereocenters. The Hall–Kier alpha value is -2.47. The number of sulfonamides is 1. The smallest absolute Gasteiger partial charge is 0.260 e. The normalized spacial score (nSPS) is 17.3. The highest BCUT2D eigenvalue weighted by molar-refractivity contribution is 7.89. The molecule has 0 bridgehead atoms. The highest BCUT2D eigenvalue weighted by Gasteiger charge is 2.31. The number of hydrogen-bond acceptors (Lipinski definition) is 6. The average Bonchev–Trinajstić information content (AvgIpc) is 3.23. The van der Waals surface area contributed by atoms with Crippen LogP contribution < -0.4 is 4.90 Å². The summed E-state index contributed by atoms with van der Waals surface area (Å²) in [6.07, 6.45) is 2.66. The molecular weight excluding hydrogens is 494 g/mol. The molecule has 1 aliphatic rings. The largest absolute Gasteiger partial charge is 0.308 e. The quantitative estimate of drug-likeness (QED) is 0.461. The number of thiazole rings is 1. The van der Waals surface area contributed by atoms with Crippen molar-refractivity contribution < 1.29 is 22.0 Å². The van der Waals surface area contributed by atoms with Gasteiger partial charge >= 0.3 is 0 Å². The molecule has 1 amide bonds. The first kappa shape index (κ1) is 25.6. The molecule has 2 aromatic carbocycles. The zero-order valence-corrected chi connectivity index (χ0v) is 21.5. The maximum absolute atomic E-state index is 14.2. The molecule has 1 aliphatic heterocycles. The number of fused-ring (bicyclic) bond motifs is 1. The van der Waals surface area contributed by atoms with Gasteiger partial charge in [-0.3, -0.25) is 9.69 Å². The van der Waals surface area contributed by atoms with Crippen LogP contribution in [0.15, 0.2) is 41.3 Å². The van der Waals surface area contributed by atoms with Crippen LogP contribution in [0.3, 0.4) is 0 Å². The van der Waals surface area contributed by atoms with Gasteiger partial charge in [-0.15, -0.1) is 0 Å². The van der Waals surface area contributed by atoms with Crippen molar-refractivity contribution in [1.29, 1.82) is 0 Å². The molecule has 11 heteroatoms. The van der Waals surface area contributed by atoms with Crippen LogP contribution in [-0.4, -0.2) is 68.3 Å². The summed E-state index contributed by atoms with van der Waals surface area (Å²) in [6.45, 7) is 3.17. The van der Waals surface area contributed by atoms with Crippen LogP contribution in [0.4, 0.5) is 13.9 Å². The number of halogens is 2. The predicted molar refractivity (Wildman–Crippen MR) is 133 cm³/mol. The minimum atomic E-state index is -3.66. The third-order valence-electron chi connectivity index (χ3n) is 6.10. The highest BCUT2D eigenvalue weighted by Crippen LogP contribution is 2.32. The number of carbonyl (C=O) groups excluding carboxylic acids is 1. The Bertz CT molecular complexity index is 1330. The molecule has 188 valence electrons. The Balaban J connectivity index is 1.64. The average molecular weight is 523 g/mol. The van der Waals surface area contributed by atoms with Gasteiger partial charge in [-0.1, -0.05) is 17.8 Å². The third-order valence-corrected chi connectivity index (χ3v) is 9.15. The summed E-state index contributed by atoms with van der Waals surface area (Å²) >= 11 is 1.03. The minimum Gasteiger partial charge on any atom is -0.308 e. The van der Waals surface area contributed by atoms with Crippen LogP contribution in [-0.2, 0) is 10.0 Å².